The fourth-order valence-electron chi connectivity index (χ4n) is 4.50. The normalized spacial score (nSPS) is 18.6. The smallest absolute Gasteiger partial charge is 0.270 e. The van der Waals surface area contributed by atoms with E-state index in [-0.39, 0.29) is 18.0 Å². The summed E-state index contributed by atoms with van der Waals surface area (Å²) in [5.74, 6) is -4.79. The number of pyridine rings is 1. The van der Waals surface area contributed by atoms with Crippen LogP contribution in [0.1, 0.15) is 74.6 Å². The summed E-state index contributed by atoms with van der Waals surface area (Å²) in [6, 6.07) is 11.0. The molecule has 0 unspecified atom stereocenters. The summed E-state index contributed by atoms with van der Waals surface area (Å²) in [5, 5.41) is 7.82. The van der Waals surface area contributed by atoms with Gasteiger partial charge in [0, 0.05) is 6.20 Å². The van der Waals surface area contributed by atoms with Crippen LogP contribution in [0.15, 0.2) is 48.7 Å². The number of Topliss-reactive ketones (excluding diaryl/α,β-unsaturated/α-hetero) is 1. The second kappa shape index (κ2) is 13.1. The predicted octanol–water partition coefficient (Wildman–Crippen LogP) is 2.90. The molecule has 0 bridgehead atoms. The molecule has 1 aliphatic rings. The van der Waals surface area contributed by atoms with Gasteiger partial charge in [0.05, 0.1) is 24.4 Å². The van der Waals surface area contributed by atoms with E-state index in [0.717, 1.165) is 30.4 Å². The highest BCUT2D eigenvalue weighted by molar-refractivity contribution is 6.16. The lowest BCUT2D eigenvalue weighted by molar-refractivity contribution is -0.137. The third-order valence-corrected chi connectivity index (χ3v) is 6.81. The van der Waals surface area contributed by atoms with Gasteiger partial charge in [-0.25, -0.2) is 0 Å². The van der Waals surface area contributed by atoms with Crippen LogP contribution < -0.4 is 16.0 Å². The fraction of sp³-hybridized carbons (Fsp3) is 0.448. The first-order chi connectivity index (χ1) is 18.1. The maximum Gasteiger partial charge on any atom is 0.270 e. The van der Waals surface area contributed by atoms with Crippen LogP contribution in [-0.2, 0) is 25.6 Å². The number of imide groups is 1. The zero-order valence-corrected chi connectivity index (χ0v) is 22.3. The van der Waals surface area contributed by atoms with Crippen molar-refractivity contribution in [2.24, 2.45) is 17.8 Å². The van der Waals surface area contributed by atoms with Crippen molar-refractivity contribution in [3.05, 3.63) is 65.5 Å². The van der Waals surface area contributed by atoms with Crippen molar-refractivity contribution in [2.45, 2.75) is 65.5 Å². The molecule has 9 heteroatoms. The Bertz CT molecular complexity index is 1160. The zero-order chi connectivity index (χ0) is 27.8. The van der Waals surface area contributed by atoms with Crippen molar-refractivity contribution in [3.8, 4) is 0 Å². The van der Waals surface area contributed by atoms with Gasteiger partial charge in [0.15, 0.2) is 5.78 Å². The number of carbonyl (C=O) groups excluding carboxylic acids is 5. The summed E-state index contributed by atoms with van der Waals surface area (Å²) in [6.07, 6.45) is 4.56. The number of aryl methyl sites for hydroxylation is 1. The van der Waals surface area contributed by atoms with E-state index in [2.05, 4.69) is 27.9 Å². The van der Waals surface area contributed by atoms with E-state index < -0.39 is 53.3 Å². The van der Waals surface area contributed by atoms with Gasteiger partial charge in [-0.15, -0.1) is 0 Å². The Hall–Kier alpha value is -3.88. The molecule has 1 fully saturated rings. The molecule has 2 aromatic rings. The van der Waals surface area contributed by atoms with Crippen molar-refractivity contribution in [1.82, 2.24) is 20.9 Å². The Morgan fingerprint density at radius 2 is 1.71 bits per heavy atom. The summed E-state index contributed by atoms with van der Waals surface area (Å²) in [6.45, 7) is 7.15. The van der Waals surface area contributed by atoms with Crippen LogP contribution in [0.5, 0.6) is 0 Å². The van der Waals surface area contributed by atoms with Gasteiger partial charge >= 0.3 is 0 Å². The number of ketones is 1. The molecule has 3 rings (SSSR count). The van der Waals surface area contributed by atoms with Gasteiger partial charge in [-0.3, -0.25) is 34.3 Å². The lowest BCUT2D eigenvalue weighted by Crippen LogP contribution is -2.49. The third kappa shape index (κ3) is 7.12. The van der Waals surface area contributed by atoms with Crippen LogP contribution in [0.3, 0.4) is 0 Å². The molecule has 4 atom stereocenters. The second-order valence-corrected chi connectivity index (χ2v) is 10.1. The molecule has 3 N–H and O–H groups in total. The first kappa shape index (κ1) is 28.7. The van der Waals surface area contributed by atoms with Crippen LogP contribution in [0.2, 0.25) is 0 Å². The molecule has 202 valence electrons. The number of unbranched alkanes of at least 4 members (excludes halogenated alkanes) is 1. The molecular formula is C29H36N4O5. The molecule has 0 radical (unpaired) electrons. The summed E-state index contributed by atoms with van der Waals surface area (Å²) >= 11 is 0. The molecule has 9 nitrogen and oxygen atoms in total. The number of carbonyl (C=O) groups is 5. The van der Waals surface area contributed by atoms with Crippen LogP contribution in [0.4, 0.5) is 0 Å². The second-order valence-electron chi connectivity index (χ2n) is 10.1. The first-order valence-corrected chi connectivity index (χ1v) is 13.1. The molecule has 4 amide bonds. The number of nitrogens with zero attached hydrogens (tertiary/aromatic N) is 1. The largest absolute Gasteiger partial charge is 0.346 e. The summed E-state index contributed by atoms with van der Waals surface area (Å²) < 4.78 is 0. The fourth-order valence-corrected chi connectivity index (χ4v) is 4.50. The third-order valence-electron chi connectivity index (χ3n) is 6.81. The topological polar surface area (TPSA) is 134 Å². The lowest BCUT2D eigenvalue weighted by Gasteiger charge is -2.26. The molecule has 2 heterocycles. The van der Waals surface area contributed by atoms with Crippen molar-refractivity contribution in [3.63, 3.8) is 0 Å². The minimum Gasteiger partial charge on any atom is -0.346 e. The number of hydrogen-bond acceptors (Lipinski definition) is 6. The average Bonchev–Trinajstić information content (AvgIpc) is 3.16. The van der Waals surface area contributed by atoms with Crippen LogP contribution in [-0.4, -0.2) is 40.4 Å². The molecule has 38 heavy (non-hydrogen) atoms. The molecule has 1 aromatic heterocycles. The Kier molecular flexibility index (Phi) is 9.87. The minimum absolute atomic E-state index is 0.133. The number of aromatic nitrogens is 1. The van der Waals surface area contributed by atoms with Crippen molar-refractivity contribution in [2.75, 3.05) is 0 Å². The SMILES string of the molecule is CCCCc1ccc(C(=O)N[C@@H](CC(=O)N[C@@H](C(=O)[C@@H]2C(=O)NC(=O)[C@@H]2C)C(C)C)c2ccccc2)nc1. The van der Waals surface area contributed by atoms with Gasteiger partial charge in [-0.2, -0.15) is 0 Å². The summed E-state index contributed by atoms with van der Waals surface area (Å²) in [4.78, 5) is 67.8. The van der Waals surface area contributed by atoms with Gasteiger partial charge in [-0.05, 0) is 36.0 Å². The summed E-state index contributed by atoms with van der Waals surface area (Å²) in [5.41, 5.74) is 2.02. The number of benzene rings is 1. The van der Waals surface area contributed by atoms with Crippen molar-refractivity contribution in [1.29, 1.82) is 0 Å². The Balaban J connectivity index is 1.73. The van der Waals surface area contributed by atoms with E-state index in [4.69, 9.17) is 0 Å². The monoisotopic (exact) mass is 520 g/mol. The standard InChI is InChI=1S/C29H36N4O5/c1-5-6-10-19-13-14-21(30-16-19)28(37)31-22(20-11-8-7-9-12-20)15-23(34)32-25(17(2)3)26(35)24-18(4)27(36)33-29(24)38/h7-9,11-14,16-18,22,24-25H,5-6,10,15H2,1-4H3,(H,31,37)(H,32,34)(H,33,36,38)/t18-,22+,24-,25-/m1/s1. The highest BCUT2D eigenvalue weighted by Crippen LogP contribution is 2.24. The van der Waals surface area contributed by atoms with Crippen LogP contribution in [0.25, 0.3) is 0 Å². The van der Waals surface area contributed by atoms with Gasteiger partial charge < -0.3 is 10.6 Å². The molecular weight excluding hydrogens is 484 g/mol. The molecule has 0 aliphatic carbocycles. The molecule has 1 saturated heterocycles. The van der Waals surface area contributed by atoms with E-state index in [9.17, 15) is 24.0 Å². The molecule has 1 aromatic carbocycles. The Morgan fingerprint density at radius 1 is 1.00 bits per heavy atom. The Labute approximate surface area is 223 Å². The first-order valence-electron chi connectivity index (χ1n) is 13.1. The summed E-state index contributed by atoms with van der Waals surface area (Å²) in [7, 11) is 0. The van der Waals surface area contributed by atoms with E-state index >= 15 is 0 Å². The highest BCUT2D eigenvalue weighted by Gasteiger charge is 2.46. The number of hydrogen-bond donors (Lipinski definition) is 3. The lowest BCUT2D eigenvalue weighted by atomic mass is 9.85. The van der Waals surface area contributed by atoms with E-state index in [0.29, 0.717) is 0 Å². The van der Waals surface area contributed by atoms with Crippen LogP contribution >= 0.6 is 0 Å². The molecule has 1 aliphatic heterocycles. The molecule has 0 spiro atoms. The Morgan fingerprint density at radius 3 is 2.26 bits per heavy atom. The quantitative estimate of drug-likeness (QED) is 0.291. The minimum atomic E-state index is -1.15. The van der Waals surface area contributed by atoms with Gasteiger partial charge in [0.1, 0.15) is 11.6 Å². The zero-order valence-electron chi connectivity index (χ0n) is 22.3. The van der Waals surface area contributed by atoms with Crippen LogP contribution in [0, 0.1) is 17.8 Å². The van der Waals surface area contributed by atoms with Gasteiger partial charge in [0.2, 0.25) is 17.7 Å². The van der Waals surface area contributed by atoms with E-state index in [1.807, 2.05) is 24.3 Å². The van der Waals surface area contributed by atoms with Gasteiger partial charge in [0.25, 0.3) is 5.91 Å². The van der Waals surface area contributed by atoms with Crippen molar-refractivity contribution >= 4 is 29.4 Å². The number of rotatable bonds is 12. The maximum atomic E-state index is 13.2. The highest BCUT2D eigenvalue weighted by atomic mass is 16.2. The van der Waals surface area contributed by atoms with Gasteiger partial charge in [-0.1, -0.05) is 70.5 Å². The van der Waals surface area contributed by atoms with E-state index in [1.54, 1.807) is 38.2 Å². The average molecular weight is 521 g/mol. The van der Waals surface area contributed by atoms with E-state index in [1.165, 1.54) is 6.92 Å². The predicted molar refractivity (Wildman–Crippen MR) is 142 cm³/mol. The maximum absolute atomic E-state index is 13.2. The van der Waals surface area contributed by atoms with Crippen molar-refractivity contribution < 1.29 is 24.0 Å². The number of amides is 4. The molecule has 0 saturated carbocycles. The number of nitrogens with one attached hydrogen (secondary N) is 3.